The molecule has 3 aromatic rings. The predicted octanol–water partition coefficient (Wildman–Crippen LogP) is 3.79. The Balaban J connectivity index is 2.27. The lowest BCUT2D eigenvalue weighted by Crippen LogP contribution is -2.18. The molecule has 1 heterocycles. The Bertz CT molecular complexity index is 993. The summed E-state index contributed by atoms with van der Waals surface area (Å²) >= 11 is 0. The van der Waals surface area contributed by atoms with Crippen LogP contribution in [0.25, 0.3) is 22.3 Å². The van der Waals surface area contributed by atoms with Crippen LogP contribution in [0.15, 0.2) is 40.8 Å². The Morgan fingerprint density at radius 2 is 1.92 bits per heavy atom. The van der Waals surface area contributed by atoms with Gasteiger partial charge in [0.2, 0.25) is 0 Å². The molecule has 0 unspecified atom stereocenters. The zero-order valence-electron chi connectivity index (χ0n) is 13.5. The molecule has 0 saturated heterocycles. The first kappa shape index (κ1) is 16.5. The van der Waals surface area contributed by atoms with Crippen LogP contribution in [0.2, 0.25) is 0 Å². The summed E-state index contributed by atoms with van der Waals surface area (Å²) < 4.78 is 29.0. The van der Waals surface area contributed by atoms with Gasteiger partial charge in [-0.3, -0.25) is 0 Å². The molecule has 0 aliphatic rings. The molecule has 0 bridgehead atoms. The average Bonchev–Trinajstić information content (AvgIpc) is 2.95. The highest BCUT2D eigenvalue weighted by Gasteiger charge is 2.25. The van der Waals surface area contributed by atoms with Crippen molar-refractivity contribution in [2.75, 3.05) is 7.11 Å². The third-order valence-electron chi connectivity index (χ3n) is 3.71. The maximum absolute atomic E-state index is 13.5. The third-order valence-corrected chi connectivity index (χ3v) is 3.71. The summed E-state index contributed by atoms with van der Waals surface area (Å²) in [4.78, 5) is 23.4. The Morgan fingerprint density at radius 1 is 1.16 bits per heavy atom. The first-order valence-electron chi connectivity index (χ1n) is 7.29. The van der Waals surface area contributed by atoms with Gasteiger partial charge in [-0.15, -0.1) is 0 Å². The van der Waals surface area contributed by atoms with Crippen molar-refractivity contribution in [1.29, 1.82) is 0 Å². The minimum atomic E-state index is -1.23. The molecule has 25 heavy (non-hydrogen) atoms. The van der Waals surface area contributed by atoms with E-state index in [1.165, 1.54) is 25.3 Å². The molecular formula is C18H14FNO5. The van der Waals surface area contributed by atoms with Crippen LogP contribution in [-0.2, 0) is 4.74 Å². The van der Waals surface area contributed by atoms with Crippen LogP contribution in [0.4, 0.5) is 9.18 Å². The fraction of sp³-hybridized carbons (Fsp3) is 0.111. The number of ether oxygens (including phenoxy) is 2. The number of aryl methyl sites for hydroxylation is 1. The molecule has 0 radical (unpaired) electrons. The van der Waals surface area contributed by atoms with Gasteiger partial charge in [0.1, 0.15) is 28.5 Å². The van der Waals surface area contributed by atoms with E-state index in [4.69, 9.17) is 14.9 Å². The van der Waals surface area contributed by atoms with Gasteiger partial charge in [-0.25, -0.2) is 14.0 Å². The van der Waals surface area contributed by atoms with Gasteiger partial charge in [0.15, 0.2) is 0 Å². The number of benzene rings is 2. The molecule has 1 amide bonds. The normalized spacial score (nSPS) is 10.7. The summed E-state index contributed by atoms with van der Waals surface area (Å²) in [5.41, 5.74) is 6.18. The summed E-state index contributed by atoms with van der Waals surface area (Å²) in [6.07, 6.45) is -1.23. The van der Waals surface area contributed by atoms with E-state index in [-0.39, 0.29) is 17.1 Å². The van der Waals surface area contributed by atoms with E-state index in [0.717, 1.165) is 0 Å². The molecule has 1 aromatic heterocycles. The topological polar surface area (TPSA) is 91.8 Å². The van der Waals surface area contributed by atoms with Crippen LogP contribution in [-0.4, -0.2) is 19.2 Å². The Hall–Kier alpha value is -3.35. The van der Waals surface area contributed by atoms with Gasteiger partial charge >= 0.3 is 12.1 Å². The summed E-state index contributed by atoms with van der Waals surface area (Å²) in [6.45, 7) is 1.59. The Kier molecular flexibility index (Phi) is 4.14. The Labute approximate surface area is 141 Å². The van der Waals surface area contributed by atoms with E-state index in [0.29, 0.717) is 27.8 Å². The minimum Gasteiger partial charge on any atom is -0.497 e. The van der Waals surface area contributed by atoms with E-state index in [1.54, 1.807) is 25.1 Å². The maximum atomic E-state index is 13.5. The van der Waals surface area contributed by atoms with E-state index < -0.39 is 12.1 Å². The molecule has 0 saturated carbocycles. The first-order valence-corrected chi connectivity index (χ1v) is 7.29. The number of methoxy groups -OCH3 is 1. The van der Waals surface area contributed by atoms with Crippen LogP contribution >= 0.6 is 0 Å². The SMILES string of the molecule is COc1ccc2oc(-c3ccc(F)c(C)c3)c(C(=O)OC(N)=O)c2c1. The van der Waals surface area contributed by atoms with E-state index in [1.807, 2.05) is 0 Å². The van der Waals surface area contributed by atoms with Crippen molar-refractivity contribution in [1.82, 2.24) is 0 Å². The van der Waals surface area contributed by atoms with E-state index in [2.05, 4.69) is 4.74 Å². The number of furan rings is 1. The summed E-state index contributed by atoms with van der Waals surface area (Å²) in [7, 11) is 1.48. The number of primary amides is 1. The number of fused-ring (bicyclic) bond motifs is 1. The molecule has 0 aliphatic heterocycles. The molecule has 6 nitrogen and oxygen atoms in total. The van der Waals surface area contributed by atoms with Crippen molar-refractivity contribution < 1.29 is 27.9 Å². The van der Waals surface area contributed by atoms with Crippen LogP contribution < -0.4 is 10.5 Å². The van der Waals surface area contributed by atoms with Gasteiger partial charge in [-0.05, 0) is 48.9 Å². The van der Waals surface area contributed by atoms with Crippen LogP contribution in [0.1, 0.15) is 15.9 Å². The van der Waals surface area contributed by atoms with Gasteiger partial charge in [0.05, 0.1) is 7.11 Å². The van der Waals surface area contributed by atoms with Crippen LogP contribution in [0.3, 0.4) is 0 Å². The lowest BCUT2D eigenvalue weighted by atomic mass is 10.0. The van der Waals surface area contributed by atoms with E-state index in [9.17, 15) is 14.0 Å². The van der Waals surface area contributed by atoms with Crippen molar-refractivity contribution >= 4 is 23.0 Å². The predicted molar refractivity (Wildman–Crippen MR) is 87.9 cm³/mol. The molecule has 2 N–H and O–H groups in total. The van der Waals surface area contributed by atoms with Crippen molar-refractivity contribution in [3.05, 3.63) is 53.3 Å². The number of carbonyl (C=O) groups is 2. The highest BCUT2D eigenvalue weighted by molar-refractivity contribution is 6.11. The number of halogens is 1. The number of rotatable bonds is 3. The lowest BCUT2D eigenvalue weighted by Gasteiger charge is -2.04. The van der Waals surface area contributed by atoms with Gasteiger partial charge in [0.25, 0.3) is 0 Å². The first-order chi connectivity index (χ1) is 11.9. The average molecular weight is 343 g/mol. The second-order valence-corrected chi connectivity index (χ2v) is 5.34. The van der Waals surface area contributed by atoms with Crippen molar-refractivity contribution in [2.24, 2.45) is 5.73 Å². The number of amides is 1. The molecule has 128 valence electrons. The summed E-state index contributed by atoms with van der Waals surface area (Å²) in [6, 6.07) is 9.13. The highest BCUT2D eigenvalue weighted by Crippen LogP contribution is 2.36. The smallest absolute Gasteiger partial charge is 0.412 e. The standard InChI is InChI=1S/C18H14FNO5/c1-9-7-10(3-5-13(9)19)16-15(17(21)25-18(20)22)12-8-11(23-2)4-6-14(12)24-16/h3-8H,1-2H3,(H2,20,22). The van der Waals surface area contributed by atoms with Gasteiger partial charge in [-0.1, -0.05) is 0 Å². The molecule has 0 spiro atoms. The van der Waals surface area contributed by atoms with Gasteiger partial charge in [-0.2, -0.15) is 0 Å². The van der Waals surface area contributed by atoms with Crippen molar-refractivity contribution in [3.8, 4) is 17.1 Å². The molecular weight excluding hydrogens is 329 g/mol. The number of carbonyl (C=O) groups excluding carboxylic acids is 2. The number of hydrogen-bond donors (Lipinski definition) is 1. The highest BCUT2D eigenvalue weighted by atomic mass is 19.1. The second-order valence-electron chi connectivity index (χ2n) is 5.34. The molecule has 7 heteroatoms. The molecule has 0 fully saturated rings. The van der Waals surface area contributed by atoms with Gasteiger partial charge in [0, 0.05) is 10.9 Å². The minimum absolute atomic E-state index is 0.0127. The van der Waals surface area contributed by atoms with Gasteiger partial charge < -0.3 is 19.6 Å². The number of nitrogens with two attached hydrogens (primary N) is 1. The fourth-order valence-electron chi connectivity index (χ4n) is 2.54. The zero-order chi connectivity index (χ0) is 18.1. The van der Waals surface area contributed by atoms with Crippen LogP contribution in [0, 0.1) is 12.7 Å². The lowest BCUT2D eigenvalue weighted by molar-refractivity contribution is 0.0640. The van der Waals surface area contributed by atoms with Crippen molar-refractivity contribution in [2.45, 2.75) is 6.92 Å². The molecule has 0 aliphatic carbocycles. The second kappa shape index (κ2) is 6.27. The largest absolute Gasteiger partial charge is 0.497 e. The van der Waals surface area contributed by atoms with Crippen LogP contribution in [0.5, 0.6) is 5.75 Å². The third kappa shape index (κ3) is 3.03. The molecule has 2 aromatic carbocycles. The Morgan fingerprint density at radius 3 is 2.56 bits per heavy atom. The summed E-state index contributed by atoms with van der Waals surface area (Å²) in [5.74, 6) is -0.708. The number of hydrogen-bond acceptors (Lipinski definition) is 5. The molecule has 3 rings (SSSR count). The maximum Gasteiger partial charge on any atom is 0.412 e. The molecule has 0 atom stereocenters. The van der Waals surface area contributed by atoms with Crippen molar-refractivity contribution in [3.63, 3.8) is 0 Å². The number of esters is 1. The zero-order valence-corrected chi connectivity index (χ0v) is 13.5. The van der Waals surface area contributed by atoms with E-state index >= 15 is 0 Å². The fourth-order valence-corrected chi connectivity index (χ4v) is 2.54. The monoisotopic (exact) mass is 343 g/mol. The quantitative estimate of drug-likeness (QED) is 0.577. The summed E-state index contributed by atoms with van der Waals surface area (Å²) in [5, 5.41) is 0.391.